The molecule has 2 aromatic rings. The molecule has 0 aliphatic carbocycles. The number of nitrogens with one attached hydrogen (secondary N) is 1. The van der Waals surface area contributed by atoms with E-state index in [1.165, 1.54) is 34.9 Å². The van der Waals surface area contributed by atoms with E-state index in [9.17, 15) is 0 Å². The Balaban J connectivity index is 1.50. The van der Waals surface area contributed by atoms with E-state index in [0.29, 0.717) is 6.04 Å². The molecule has 20 heavy (non-hydrogen) atoms. The number of hydrogen-bond donors (Lipinski definition) is 1. The van der Waals surface area contributed by atoms with Gasteiger partial charge in [0, 0.05) is 24.0 Å². The number of ether oxygens (including phenoxy) is 1. The number of hydrogen-bond acceptors (Lipinski definition) is 3. The summed E-state index contributed by atoms with van der Waals surface area (Å²) in [6.45, 7) is 5.31. The molecular formula is C17H23NOS. The Kier molecular flexibility index (Phi) is 4.71. The number of benzene rings is 1. The van der Waals surface area contributed by atoms with Crippen LogP contribution in [0.2, 0.25) is 0 Å². The fourth-order valence-corrected chi connectivity index (χ4v) is 4.02. The van der Waals surface area contributed by atoms with E-state index < -0.39 is 0 Å². The van der Waals surface area contributed by atoms with Gasteiger partial charge < -0.3 is 10.1 Å². The quantitative estimate of drug-likeness (QED) is 0.797. The first kappa shape index (κ1) is 14.1. The third-order valence-electron chi connectivity index (χ3n) is 4.24. The molecule has 1 aromatic heterocycles. The van der Waals surface area contributed by atoms with Crippen molar-refractivity contribution in [1.29, 1.82) is 0 Å². The number of thiophene rings is 1. The van der Waals surface area contributed by atoms with E-state index in [1.807, 2.05) is 11.3 Å². The molecule has 1 N–H and O–H groups in total. The normalized spacial score (nSPS) is 20.6. The predicted octanol–water partition coefficient (Wildman–Crippen LogP) is 4.37. The number of rotatable bonds is 6. The molecular weight excluding hydrogens is 266 g/mol. The van der Waals surface area contributed by atoms with E-state index in [4.69, 9.17) is 4.74 Å². The molecule has 3 heteroatoms. The SMILES string of the molecule is CC(NCCCC1CCOC1)c1csc2ccccc12. The van der Waals surface area contributed by atoms with Gasteiger partial charge in [0.25, 0.3) is 0 Å². The summed E-state index contributed by atoms with van der Waals surface area (Å²) in [4.78, 5) is 0. The molecule has 108 valence electrons. The standard InChI is InChI=1S/C17H23NOS/c1-13(18-9-4-5-14-8-10-19-11-14)16-12-20-17-7-3-2-6-15(16)17/h2-3,6-7,12-14,18H,4-5,8-11H2,1H3. The first-order valence-electron chi connectivity index (χ1n) is 7.62. The minimum absolute atomic E-state index is 0.436. The second-order valence-electron chi connectivity index (χ2n) is 5.73. The van der Waals surface area contributed by atoms with Crippen molar-refractivity contribution in [3.8, 4) is 0 Å². The van der Waals surface area contributed by atoms with E-state index in [1.54, 1.807) is 0 Å². The molecule has 3 rings (SSSR count). The second-order valence-corrected chi connectivity index (χ2v) is 6.65. The summed E-state index contributed by atoms with van der Waals surface area (Å²) >= 11 is 1.85. The molecule has 1 saturated heterocycles. The van der Waals surface area contributed by atoms with Crippen LogP contribution in [0.25, 0.3) is 10.1 Å². The summed E-state index contributed by atoms with van der Waals surface area (Å²) in [7, 11) is 0. The zero-order valence-electron chi connectivity index (χ0n) is 12.1. The lowest BCUT2D eigenvalue weighted by molar-refractivity contribution is 0.183. The van der Waals surface area contributed by atoms with Gasteiger partial charge in [-0.25, -0.2) is 0 Å². The Morgan fingerprint density at radius 2 is 2.30 bits per heavy atom. The summed E-state index contributed by atoms with van der Waals surface area (Å²) in [6, 6.07) is 9.12. The maximum absolute atomic E-state index is 5.42. The van der Waals surface area contributed by atoms with Crippen LogP contribution in [-0.4, -0.2) is 19.8 Å². The Hall–Kier alpha value is -0.900. The molecule has 0 spiro atoms. The van der Waals surface area contributed by atoms with Gasteiger partial charge in [-0.05, 0) is 61.0 Å². The van der Waals surface area contributed by atoms with Gasteiger partial charge in [-0.15, -0.1) is 11.3 Å². The lowest BCUT2D eigenvalue weighted by Gasteiger charge is -2.14. The summed E-state index contributed by atoms with van der Waals surface area (Å²) < 4.78 is 6.81. The molecule has 1 aliphatic rings. The maximum Gasteiger partial charge on any atom is 0.0495 e. The van der Waals surface area contributed by atoms with Gasteiger partial charge in [0.1, 0.15) is 0 Å². The van der Waals surface area contributed by atoms with Crippen molar-refractivity contribution in [2.75, 3.05) is 19.8 Å². The van der Waals surface area contributed by atoms with Crippen LogP contribution >= 0.6 is 11.3 Å². The monoisotopic (exact) mass is 289 g/mol. The average molecular weight is 289 g/mol. The molecule has 0 radical (unpaired) electrons. The molecule has 1 aliphatic heterocycles. The van der Waals surface area contributed by atoms with E-state index in [2.05, 4.69) is 41.9 Å². The van der Waals surface area contributed by atoms with Crippen molar-refractivity contribution >= 4 is 21.4 Å². The minimum Gasteiger partial charge on any atom is -0.381 e. The molecule has 2 nitrogen and oxygen atoms in total. The van der Waals surface area contributed by atoms with E-state index >= 15 is 0 Å². The van der Waals surface area contributed by atoms with Gasteiger partial charge in [0.15, 0.2) is 0 Å². The maximum atomic E-state index is 5.42. The molecule has 0 bridgehead atoms. The zero-order chi connectivity index (χ0) is 13.8. The third-order valence-corrected chi connectivity index (χ3v) is 5.22. The van der Waals surface area contributed by atoms with Crippen LogP contribution in [0.1, 0.15) is 37.8 Å². The van der Waals surface area contributed by atoms with Gasteiger partial charge in [0.05, 0.1) is 0 Å². The van der Waals surface area contributed by atoms with Crippen LogP contribution in [0, 0.1) is 5.92 Å². The van der Waals surface area contributed by atoms with Crippen molar-refractivity contribution in [2.45, 2.75) is 32.2 Å². The van der Waals surface area contributed by atoms with Crippen LogP contribution in [0.15, 0.2) is 29.6 Å². The highest BCUT2D eigenvalue weighted by Gasteiger charge is 2.15. The Bertz CT molecular complexity index is 545. The topological polar surface area (TPSA) is 21.3 Å². The van der Waals surface area contributed by atoms with Gasteiger partial charge >= 0.3 is 0 Å². The molecule has 2 atom stereocenters. The Morgan fingerprint density at radius 1 is 1.40 bits per heavy atom. The summed E-state index contributed by atoms with van der Waals surface area (Å²) in [5, 5.41) is 7.37. The van der Waals surface area contributed by atoms with Gasteiger partial charge in [-0.3, -0.25) is 0 Å². The van der Waals surface area contributed by atoms with Crippen molar-refractivity contribution < 1.29 is 4.74 Å². The molecule has 1 fully saturated rings. The summed E-state index contributed by atoms with van der Waals surface area (Å²) in [5.41, 5.74) is 1.44. The third kappa shape index (κ3) is 3.22. The molecule has 0 amide bonds. The van der Waals surface area contributed by atoms with Gasteiger partial charge in [-0.1, -0.05) is 18.2 Å². The molecule has 1 aromatic carbocycles. The lowest BCUT2D eigenvalue weighted by atomic mass is 10.0. The molecule has 0 saturated carbocycles. The zero-order valence-corrected chi connectivity index (χ0v) is 12.9. The Labute approximate surface area is 125 Å². The lowest BCUT2D eigenvalue weighted by Crippen LogP contribution is -2.20. The van der Waals surface area contributed by atoms with Crippen molar-refractivity contribution in [3.63, 3.8) is 0 Å². The van der Waals surface area contributed by atoms with E-state index in [-0.39, 0.29) is 0 Å². The average Bonchev–Trinajstić information content (AvgIpc) is 3.12. The highest BCUT2D eigenvalue weighted by molar-refractivity contribution is 7.17. The van der Waals surface area contributed by atoms with Crippen LogP contribution in [0.3, 0.4) is 0 Å². The number of fused-ring (bicyclic) bond motifs is 1. The van der Waals surface area contributed by atoms with Gasteiger partial charge in [-0.2, -0.15) is 0 Å². The minimum atomic E-state index is 0.436. The van der Waals surface area contributed by atoms with Crippen molar-refractivity contribution in [2.24, 2.45) is 5.92 Å². The van der Waals surface area contributed by atoms with Crippen LogP contribution in [-0.2, 0) is 4.74 Å². The highest BCUT2D eigenvalue weighted by atomic mass is 32.1. The van der Waals surface area contributed by atoms with Crippen molar-refractivity contribution in [3.05, 3.63) is 35.2 Å². The van der Waals surface area contributed by atoms with Crippen LogP contribution < -0.4 is 5.32 Å². The van der Waals surface area contributed by atoms with Crippen LogP contribution in [0.4, 0.5) is 0 Å². The Morgan fingerprint density at radius 3 is 3.15 bits per heavy atom. The fraction of sp³-hybridized carbons (Fsp3) is 0.529. The van der Waals surface area contributed by atoms with Crippen LogP contribution in [0.5, 0.6) is 0 Å². The molecule has 2 unspecified atom stereocenters. The fourth-order valence-electron chi connectivity index (χ4n) is 2.96. The smallest absolute Gasteiger partial charge is 0.0495 e. The second kappa shape index (κ2) is 6.70. The predicted molar refractivity (Wildman–Crippen MR) is 86.4 cm³/mol. The largest absolute Gasteiger partial charge is 0.381 e. The first-order chi connectivity index (χ1) is 9.84. The summed E-state index contributed by atoms with van der Waals surface area (Å²) in [6.07, 6.45) is 3.80. The van der Waals surface area contributed by atoms with Gasteiger partial charge in [0.2, 0.25) is 0 Å². The molecule has 2 heterocycles. The highest BCUT2D eigenvalue weighted by Crippen LogP contribution is 2.30. The first-order valence-corrected chi connectivity index (χ1v) is 8.50. The van der Waals surface area contributed by atoms with E-state index in [0.717, 1.165) is 25.7 Å². The van der Waals surface area contributed by atoms with Crippen molar-refractivity contribution in [1.82, 2.24) is 5.32 Å². The summed E-state index contributed by atoms with van der Waals surface area (Å²) in [5.74, 6) is 0.800.